The second-order valence-electron chi connectivity index (χ2n) is 4.13. The van der Waals surface area contributed by atoms with Gasteiger partial charge in [-0.15, -0.1) is 0 Å². The first-order chi connectivity index (χ1) is 9.56. The summed E-state index contributed by atoms with van der Waals surface area (Å²) in [5, 5.41) is 5.14. The summed E-state index contributed by atoms with van der Waals surface area (Å²) in [4.78, 5) is 24.1. The van der Waals surface area contributed by atoms with Crippen LogP contribution in [0, 0.1) is 13.8 Å². The number of carbonyl (C=O) groups excluding carboxylic acids is 1. The molecule has 0 saturated carbocycles. The predicted molar refractivity (Wildman–Crippen MR) is 74.9 cm³/mol. The molecule has 0 aromatic carbocycles. The monoisotopic (exact) mass is 273 g/mol. The number of carbonyl (C=O) groups is 1. The molecule has 0 aliphatic rings. The molecule has 0 saturated heterocycles. The number of anilines is 2. The van der Waals surface area contributed by atoms with E-state index in [0.29, 0.717) is 11.6 Å². The van der Waals surface area contributed by atoms with Gasteiger partial charge < -0.3 is 4.74 Å². The molecular formula is C13H15N5O2. The molecule has 2 N–H and O–H groups in total. The largest absolute Gasteiger partial charge is 0.497 e. The molecule has 0 unspecified atom stereocenters. The molecule has 104 valence electrons. The third-order valence-corrected chi connectivity index (χ3v) is 2.42. The zero-order chi connectivity index (χ0) is 14.5. The number of hydrogen-bond acceptors (Lipinski definition) is 5. The summed E-state index contributed by atoms with van der Waals surface area (Å²) in [5.74, 6) is 1.24. The van der Waals surface area contributed by atoms with Gasteiger partial charge in [-0.2, -0.15) is 0 Å². The normalized spacial score (nSPS) is 9.95. The number of amides is 2. The molecule has 7 nitrogen and oxygen atoms in total. The first-order valence-electron chi connectivity index (χ1n) is 5.97. The van der Waals surface area contributed by atoms with Crippen LogP contribution in [0.5, 0.6) is 5.75 Å². The molecule has 7 heteroatoms. The van der Waals surface area contributed by atoms with E-state index in [1.54, 1.807) is 25.4 Å². The maximum Gasteiger partial charge on any atom is 0.327 e. The highest BCUT2D eigenvalue weighted by Gasteiger charge is 2.07. The molecule has 2 aromatic heterocycles. The molecule has 2 heterocycles. The van der Waals surface area contributed by atoms with E-state index in [9.17, 15) is 4.79 Å². The van der Waals surface area contributed by atoms with Gasteiger partial charge in [-0.3, -0.25) is 10.6 Å². The quantitative estimate of drug-likeness (QED) is 0.894. The second kappa shape index (κ2) is 5.96. The summed E-state index contributed by atoms with van der Waals surface area (Å²) >= 11 is 0. The molecule has 2 rings (SSSR count). The number of nitrogens with one attached hydrogen (secondary N) is 2. The van der Waals surface area contributed by atoms with Crippen molar-refractivity contribution in [3.05, 3.63) is 35.8 Å². The van der Waals surface area contributed by atoms with Crippen molar-refractivity contribution in [2.45, 2.75) is 13.8 Å². The molecule has 0 radical (unpaired) electrons. The fourth-order valence-corrected chi connectivity index (χ4v) is 1.64. The van der Waals surface area contributed by atoms with Crippen molar-refractivity contribution in [1.29, 1.82) is 0 Å². The highest BCUT2D eigenvalue weighted by Crippen LogP contribution is 2.13. The van der Waals surface area contributed by atoms with Crippen LogP contribution in [0.15, 0.2) is 24.4 Å². The zero-order valence-corrected chi connectivity index (χ0v) is 11.5. The first kappa shape index (κ1) is 13.7. The van der Waals surface area contributed by atoms with Crippen molar-refractivity contribution < 1.29 is 9.53 Å². The van der Waals surface area contributed by atoms with Gasteiger partial charge in [0.25, 0.3) is 0 Å². The number of hydrogen-bond donors (Lipinski definition) is 2. The van der Waals surface area contributed by atoms with Gasteiger partial charge in [0.2, 0.25) is 5.95 Å². The molecule has 2 aromatic rings. The lowest BCUT2D eigenvalue weighted by atomic mass is 10.4. The van der Waals surface area contributed by atoms with Gasteiger partial charge in [0.05, 0.1) is 7.11 Å². The maximum absolute atomic E-state index is 11.8. The van der Waals surface area contributed by atoms with E-state index in [4.69, 9.17) is 4.74 Å². The van der Waals surface area contributed by atoms with Crippen LogP contribution in [-0.2, 0) is 0 Å². The lowest BCUT2D eigenvalue weighted by Crippen LogP contribution is -2.21. The summed E-state index contributed by atoms with van der Waals surface area (Å²) in [6.45, 7) is 3.67. The lowest BCUT2D eigenvalue weighted by Gasteiger charge is -2.07. The molecular weight excluding hydrogens is 258 g/mol. The van der Waals surface area contributed by atoms with E-state index >= 15 is 0 Å². The maximum atomic E-state index is 11.8. The van der Waals surface area contributed by atoms with Crippen LogP contribution in [0.3, 0.4) is 0 Å². The van der Waals surface area contributed by atoms with Crippen LogP contribution in [0.4, 0.5) is 16.6 Å². The summed E-state index contributed by atoms with van der Waals surface area (Å²) in [5.41, 5.74) is 1.57. The van der Waals surface area contributed by atoms with Gasteiger partial charge in [-0.05, 0) is 26.0 Å². The number of aromatic nitrogens is 3. The Labute approximate surface area is 116 Å². The zero-order valence-electron chi connectivity index (χ0n) is 11.5. The molecule has 0 atom stereocenters. The smallest absolute Gasteiger partial charge is 0.327 e. The van der Waals surface area contributed by atoms with Crippen molar-refractivity contribution in [2.75, 3.05) is 17.7 Å². The summed E-state index contributed by atoms with van der Waals surface area (Å²) in [6, 6.07) is 4.67. The third kappa shape index (κ3) is 3.64. The van der Waals surface area contributed by atoms with Crippen LogP contribution in [0.2, 0.25) is 0 Å². The number of nitrogens with zero attached hydrogens (tertiary/aromatic N) is 3. The van der Waals surface area contributed by atoms with Gasteiger partial charge in [0.15, 0.2) is 0 Å². The van der Waals surface area contributed by atoms with Crippen LogP contribution < -0.4 is 15.4 Å². The Morgan fingerprint density at radius 2 is 1.85 bits per heavy atom. The van der Waals surface area contributed by atoms with Crippen LogP contribution >= 0.6 is 0 Å². The van der Waals surface area contributed by atoms with Crippen molar-refractivity contribution in [1.82, 2.24) is 15.0 Å². The minimum atomic E-state index is -0.462. The minimum Gasteiger partial charge on any atom is -0.497 e. The third-order valence-electron chi connectivity index (χ3n) is 2.42. The van der Waals surface area contributed by atoms with Gasteiger partial charge in [-0.25, -0.2) is 19.7 Å². The molecule has 2 amide bonds. The van der Waals surface area contributed by atoms with Gasteiger partial charge >= 0.3 is 6.03 Å². The van der Waals surface area contributed by atoms with Crippen molar-refractivity contribution >= 4 is 17.8 Å². The van der Waals surface area contributed by atoms with Crippen molar-refractivity contribution in [3.8, 4) is 5.75 Å². The van der Waals surface area contributed by atoms with E-state index < -0.39 is 6.03 Å². The predicted octanol–water partition coefficient (Wildman–Crippen LogP) is 2.14. The second-order valence-corrected chi connectivity index (χ2v) is 4.13. The average molecular weight is 273 g/mol. The number of methoxy groups -OCH3 is 1. The summed E-state index contributed by atoms with van der Waals surface area (Å²) < 4.78 is 5.05. The topological polar surface area (TPSA) is 89.0 Å². The fraction of sp³-hybridized carbons (Fsp3) is 0.231. The Kier molecular flexibility index (Phi) is 4.09. The number of urea groups is 1. The summed E-state index contributed by atoms with van der Waals surface area (Å²) in [7, 11) is 1.54. The average Bonchev–Trinajstić information content (AvgIpc) is 2.37. The lowest BCUT2D eigenvalue weighted by molar-refractivity contribution is 0.262. The fourth-order valence-electron chi connectivity index (χ4n) is 1.64. The highest BCUT2D eigenvalue weighted by molar-refractivity contribution is 5.98. The Hall–Kier alpha value is -2.70. The van der Waals surface area contributed by atoms with Gasteiger partial charge in [0, 0.05) is 23.7 Å². The van der Waals surface area contributed by atoms with E-state index in [1.807, 2.05) is 19.9 Å². The van der Waals surface area contributed by atoms with Crippen molar-refractivity contribution in [2.24, 2.45) is 0 Å². The number of rotatable bonds is 3. The summed E-state index contributed by atoms with van der Waals surface area (Å²) in [6.07, 6.45) is 1.54. The van der Waals surface area contributed by atoms with Gasteiger partial charge in [0.1, 0.15) is 11.6 Å². The van der Waals surface area contributed by atoms with E-state index in [1.165, 1.54) is 0 Å². The molecule has 0 aliphatic heterocycles. The minimum absolute atomic E-state index is 0.253. The Bertz CT molecular complexity index is 610. The molecule has 0 fully saturated rings. The Balaban J connectivity index is 2.04. The Morgan fingerprint density at radius 1 is 1.15 bits per heavy atom. The van der Waals surface area contributed by atoms with E-state index in [0.717, 1.165) is 11.4 Å². The molecule has 0 bridgehead atoms. The standard InChI is InChI=1S/C13H15N5O2/c1-8-6-9(2)16-12(15-8)18-13(19)17-11-7-10(20-3)4-5-14-11/h4-7H,1-3H3,(H2,14,15,16,17,18,19). The van der Waals surface area contributed by atoms with Crippen molar-refractivity contribution in [3.63, 3.8) is 0 Å². The SMILES string of the molecule is COc1ccnc(NC(=O)Nc2nc(C)cc(C)n2)c1. The highest BCUT2D eigenvalue weighted by atomic mass is 16.5. The van der Waals surface area contributed by atoms with Crippen LogP contribution in [-0.4, -0.2) is 28.1 Å². The molecule has 0 spiro atoms. The number of pyridine rings is 1. The van der Waals surface area contributed by atoms with Crippen LogP contribution in [0.1, 0.15) is 11.4 Å². The molecule has 0 aliphatic carbocycles. The first-order valence-corrected chi connectivity index (χ1v) is 5.97. The number of aryl methyl sites for hydroxylation is 2. The van der Waals surface area contributed by atoms with E-state index in [-0.39, 0.29) is 5.95 Å². The van der Waals surface area contributed by atoms with Crippen LogP contribution in [0.25, 0.3) is 0 Å². The molecule has 20 heavy (non-hydrogen) atoms. The number of ether oxygens (including phenoxy) is 1. The van der Waals surface area contributed by atoms with Gasteiger partial charge in [-0.1, -0.05) is 0 Å². The van der Waals surface area contributed by atoms with E-state index in [2.05, 4.69) is 25.6 Å². The Morgan fingerprint density at radius 3 is 2.50 bits per heavy atom.